The quantitative estimate of drug-likeness (QED) is 0.322. The van der Waals surface area contributed by atoms with E-state index in [0.29, 0.717) is 5.56 Å². The highest BCUT2D eigenvalue weighted by Crippen LogP contribution is 2.31. The van der Waals surface area contributed by atoms with Crippen LogP contribution in [0.25, 0.3) is 11.0 Å². The molecule has 2 heterocycles. The second-order valence-corrected chi connectivity index (χ2v) is 10.4. The molecule has 1 unspecified atom stereocenters. The van der Waals surface area contributed by atoms with Gasteiger partial charge in [-0.2, -0.15) is 11.8 Å². The van der Waals surface area contributed by atoms with Gasteiger partial charge in [-0.1, -0.05) is 12.1 Å². The Bertz CT molecular complexity index is 992. The Balaban J connectivity index is 1.46. The Hall–Kier alpha value is -1.92. The number of imidazole rings is 1. The van der Waals surface area contributed by atoms with Gasteiger partial charge >= 0.3 is 0 Å². The number of aldehydes is 1. The van der Waals surface area contributed by atoms with E-state index < -0.39 is 0 Å². The molecule has 1 aliphatic rings. The Morgan fingerprint density at radius 1 is 1.20 bits per heavy atom. The number of hydrogen-bond donors (Lipinski definition) is 0. The lowest BCUT2D eigenvalue weighted by molar-refractivity contribution is 0.112. The highest BCUT2D eigenvalue weighted by Gasteiger charge is 2.15. The molecule has 0 N–H and O–H groups in total. The van der Waals surface area contributed by atoms with E-state index in [2.05, 4.69) is 52.8 Å². The number of carbonyl (C=O) groups is 1. The third kappa shape index (κ3) is 5.03. The van der Waals surface area contributed by atoms with Gasteiger partial charge in [0.2, 0.25) is 0 Å². The van der Waals surface area contributed by atoms with Crippen molar-refractivity contribution in [2.75, 3.05) is 22.9 Å². The molecule has 0 spiro atoms. The second kappa shape index (κ2) is 9.92. The molecule has 4 nitrogen and oxygen atoms in total. The molecule has 0 amide bonds. The van der Waals surface area contributed by atoms with Gasteiger partial charge in [-0.15, -0.1) is 0 Å². The van der Waals surface area contributed by atoms with Gasteiger partial charge in [-0.25, -0.2) is 4.98 Å². The monoisotopic (exact) mass is 439 g/mol. The standard InChI is InChI=1S/C24H29N3OS2/c1-18-25-23-16-21(26(2)30-22-8-5-20(17-28)6-9-22)7-10-24(23)27(18)13-11-19-4-3-14-29-15-12-19/h5-10,16-17,19H,3-4,11-15H2,1-2H3. The van der Waals surface area contributed by atoms with Crippen LogP contribution in [-0.4, -0.2) is 34.4 Å². The van der Waals surface area contributed by atoms with Crippen molar-refractivity contribution in [3.05, 3.63) is 53.9 Å². The SMILES string of the molecule is Cc1nc2cc(N(C)Sc3ccc(C=O)cc3)ccc2n1CCC1CCCSCC1. The predicted octanol–water partition coefficient (Wildman–Crippen LogP) is 6.22. The molecule has 1 aliphatic heterocycles. The van der Waals surface area contributed by atoms with Crippen molar-refractivity contribution in [2.45, 2.75) is 44.0 Å². The van der Waals surface area contributed by atoms with E-state index >= 15 is 0 Å². The van der Waals surface area contributed by atoms with Crippen molar-refractivity contribution >= 4 is 46.7 Å². The minimum atomic E-state index is 0.701. The zero-order valence-corrected chi connectivity index (χ0v) is 19.3. The van der Waals surface area contributed by atoms with Crippen LogP contribution in [0.4, 0.5) is 5.69 Å². The Kier molecular flexibility index (Phi) is 7.05. The molecule has 2 aromatic carbocycles. The summed E-state index contributed by atoms with van der Waals surface area (Å²) in [5.41, 5.74) is 4.11. The van der Waals surface area contributed by atoms with E-state index in [1.165, 1.54) is 42.7 Å². The molecule has 0 aliphatic carbocycles. The lowest BCUT2D eigenvalue weighted by atomic mass is 9.97. The van der Waals surface area contributed by atoms with E-state index in [-0.39, 0.29) is 0 Å². The molecule has 158 valence electrons. The molecule has 1 saturated heterocycles. The Labute approximate surface area is 187 Å². The number of aryl methyl sites for hydroxylation is 2. The van der Waals surface area contributed by atoms with Crippen molar-refractivity contribution < 1.29 is 4.79 Å². The number of carbonyl (C=O) groups excluding carboxylic acids is 1. The van der Waals surface area contributed by atoms with Crippen LogP contribution in [0.15, 0.2) is 47.4 Å². The average molecular weight is 440 g/mol. The summed E-state index contributed by atoms with van der Waals surface area (Å²) in [5.74, 6) is 4.60. The summed E-state index contributed by atoms with van der Waals surface area (Å²) in [5, 5.41) is 0. The van der Waals surface area contributed by atoms with Gasteiger partial charge in [0.05, 0.1) is 11.0 Å². The minimum absolute atomic E-state index is 0.701. The number of thioether (sulfide) groups is 1. The van der Waals surface area contributed by atoms with Crippen molar-refractivity contribution in [3.8, 4) is 0 Å². The second-order valence-electron chi connectivity index (χ2n) is 7.96. The fraction of sp³-hybridized carbons (Fsp3) is 0.417. The van der Waals surface area contributed by atoms with Crippen molar-refractivity contribution in [2.24, 2.45) is 5.92 Å². The first-order valence-corrected chi connectivity index (χ1v) is 12.6. The lowest BCUT2D eigenvalue weighted by Gasteiger charge is -2.18. The number of aromatic nitrogens is 2. The number of fused-ring (bicyclic) bond motifs is 1. The molecule has 3 aromatic rings. The van der Waals surface area contributed by atoms with Crippen LogP contribution in [-0.2, 0) is 6.54 Å². The smallest absolute Gasteiger partial charge is 0.150 e. The first-order valence-electron chi connectivity index (χ1n) is 10.7. The summed E-state index contributed by atoms with van der Waals surface area (Å²) in [4.78, 5) is 16.8. The first-order chi connectivity index (χ1) is 14.6. The topological polar surface area (TPSA) is 38.1 Å². The number of benzene rings is 2. The normalized spacial score (nSPS) is 17.1. The van der Waals surface area contributed by atoms with E-state index in [0.717, 1.165) is 40.7 Å². The van der Waals surface area contributed by atoms with Gasteiger partial charge in [-0.05, 0) is 92.3 Å². The summed E-state index contributed by atoms with van der Waals surface area (Å²) in [6.45, 7) is 3.18. The van der Waals surface area contributed by atoms with E-state index in [1.54, 1.807) is 11.9 Å². The van der Waals surface area contributed by atoms with E-state index in [9.17, 15) is 4.79 Å². The van der Waals surface area contributed by atoms with Crippen molar-refractivity contribution in [1.82, 2.24) is 9.55 Å². The van der Waals surface area contributed by atoms with Crippen LogP contribution in [0.1, 0.15) is 41.9 Å². The van der Waals surface area contributed by atoms with Crippen molar-refractivity contribution in [3.63, 3.8) is 0 Å². The molecule has 1 aromatic heterocycles. The molecular weight excluding hydrogens is 410 g/mol. The molecule has 6 heteroatoms. The average Bonchev–Trinajstić information content (AvgIpc) is 2.91. The molecule has 0 bridgehead atoms. The maximum absolute atomic E-state index is 10.8. The fourth-order valence-corrected chi connectivity index (χ4v) is 5.97. The maximum Gasteiger partial charge on any atom is 0.150 e. The minimum Gasteiger partial charge on any atom is -0.328 e. The summed E-state index contributed by atoms with van der Waals surface area (Å²) >= 11 is 3.76. The molecule has 1 fully saturated rings. The van der Waals surface area contributed by atoms with E-state index in [1.807, 2.05) is 24.3 Å². The summed E-state index contributed by atoms with van der Waals surface area (Å²) in [7, 11) is 2.06. The highest BCUT2D eigenvalue weighted by atomic mass is 32.2. The van der Waals surface area contributed by atoms with Crippen LogP contribution in [0.3, 0.4) is 0 Å². The third-order valence-electron chi connectivity index (χ3n) is 5.88. The van der Waals surface area contributed by atoms with Crippen LogP contribution in [0, 0.1) is 12.8 Å². The molecule has 0 radical (unpaired) electrons. The Morgan fingerprint density at radius 2 is 2.03 bits per heavy atom. The molecule has 4 rings (SSSR count). The largest absolute Gasteiger partial charge is 0.328 e. The zero-order chi connectivity index (χ0) is 20.9. The predicted molar refractivity (Wildman–Crippen MR) is 130 cm³/mol. The van der Waals surface area contributed by atoms with Gasteiger partial charge < -0.3 is 8.87 Å². The zero-order valence-electron chi connectivity index (χ0n) is 17.7. The number of nitrogens with zero attached hydrogens (tertiary/aromatic N) is 3. The summed E-state index contributed by atoms with van der Waals surface area (Å²) in [6, 6.07) is 14.2. The van der Waals surface area contributed by atoms with Crippen molar-refractivity contribution in [1.29, 1.82) is 0 Å². The molecule has 1 atom stereocenters. The lowest BCUT2D eigenvalue weighted by Crippen LogP contribution is -2.08. The summed E-state index contributed by atoms with van der Waals surface area (Å²) in [6.07, 6.45) is 6.22. The molecule has 0 saturated carbocycles. The van der Waals surface area contributed by atoms with Gasteiger partial charge in [0, 0.05) is 29.7 Å². The van der Waals surface area contributed by atoms with Gasteiger partial charge in [0.1, 0.15) is 12.1 Å². The van der Waals surface area contributed by atoms with E-state index in [4.69, 9.17) is 4.98 Å². The molecule has 30 heavy (non-hydrogen) atoms. The van der Waals surface area contributed by atoms with Crippen LogP contribution in [0.2, 0.25) is 0 Å². The van der Waals surface area contributed by atoms with Gasteiger partial charge in [0.15, 0.2) is 0 Å². The summed E-state index contributed by atoms with van der Waals surface area (Å²) < 4.78 is 4.54. The third-order valence-corrected chi connectivity index (χ3v) is 7.95. The number of rotatable bonds is 7. The number of hydrogen-bond acceptors (Lipinski definition) is 5. The van der Waals surface area contributed by atoms with Crippen LogP contribution >= 0.6 is 23.7 Å². The van der Waals surface area contributed by atoms with Crippen LogP contribution < -0.4 is 4.31 Å². The maximum atomic E-state index is 10.8. The van der Waals surface area contributed by atoms with Gasteiger partial charge in [0.25, 0.3) is 0 Å². The van der Waals surface area contributed by atoms with Crippen LogP contribution in [0.5, 0.6) is 0 Å². The number of anilines is 1. The fourth-order valence-electron chi connectivity index (χ4n) is 4.11. The highest BCUT2D eigenvalue weighted by molar-refractivity contribution is 8.00. The first kappa shape index (κ1) is 21.3. The Morgan fingerprint density at radius 3 is 2.83 bits per heavy atom. The molecular formula is C24H29N3OS2. The van der Waals surface area contributed by atoms with Gasteiger partial charge in [-0.3, -0.25) is 4.79 Å².